The summed E-state index contributed by atoms with van der Waals surface area (Å²) in [6, 6.07) is 9.76. The van der Waals surface area contributed by atoms with E-state index in [4.69, 9.17) is 11.6 Å². The van der Waals surface area contributed by atoms with Crippen molar-refractivity contribution in [3.8, 4) is 0 Å². The first-order valence-electron chi connectivity index (χ1n) is 10.3. The second-order valence-electron chi connectivity index (χ2n) is 8.39. The Labute approximate surface area is 183 Å². The van der Waals surface area contributed by atoms with Crippen LogP contribution in [0.15, 0.2) is 24.3 Å². The monoisotopic (exact) mass is 434 g/mol. The molecule has 0 N–H and O–H groups in total. The fraction of sp³-hybridized carbons (Fsp3) is 0.727. The van der Waals surface area contributed by atoms with Crippen molar-refractivity contribution in [3.05, 3.63) is 34.9 Å². The first kappa shape index (κ1) is 25.0. The normalized spacial score (nSPS) is 24.7. The van der Waals surface area contributed by atoms with Gasteiger partial charge in [0.2, 0.25) is 0 Å². The lowest BCUT2D eigenvalue weighted by Crippen LogP contribution is -2.44. The predicted molar refractivity (Wildman–Crippen MR) is 123 cm³/mol. The fourth-order valence-electron chi connectivity index (χ4n) is 4.79. The molecule has 2 fully saturated rings. The highest BCUT2D eigenvalue weighted by Crippen LogP contribution is 2.35. The molecule has 5 heteroatoms. The van der Waals surface area contributed by atoms with Crippen molar-refractivity contribution in [2.24, 2.45) is 5.92 Å². The van der Waals surface area contributed by atoms with Crippen LogP contribution in [0.2, 0.25) is 5.02 Å². The summed E-state index contributed by atoms with van der Waals surface area (Å²) in [4.78, 5) is 5.15. The Hall–Kier alpha value is 0.01000. The van der Waals surface area contributed by atoms with Gasteiger partial charge in [0.1, 0.15) is 0 Å². The van der Waals surface area contributed by atoms with Crippen LogP contribution >= 0.6 is 36.4 Å². The molecular formula is C22H37Cl3N2. The van der Waals surface area contributed by atoms with E-state index in [9.17, 15) is 0 Å². The van der Waals surface area contributed by atoms with Crippen LogP contribution in [-0.2, 0) is 0 Å². The third-order valence-corrected chi connectivity index (χ3v) is 6.68. The molecule has 3 rings (SSSR count). The number of benzene rings is 1. The average molecular weight is 436 g/mol. The van der Waals surface area contributed by atoms with E-state index in [0.717, 1.165) is 10.9 Å². The van der Waals surface area contributed by atoms with E-state index in [-0.39, 0.29) is 24.8 Å². The van der Waals surface area contributed by atoms with Gasteiger partial charge in [-0.25, -0.2) is 0 Å². The molecular weight excluding hydrogens is 399 g/mol. The molecule has 0 spiro atoms. The number of likely N-dealkylation sites (tertiary alicyclic amines) is 1. The summed E-state index contributed by atoms with van der Waals surface area (Å²) in [6.45, 7) is 2.47. The summed E-state index contributed by atoms with van der Waals surface area (Å²) in [7, 11) is 4.45. The maximum atomic E-state index is 6.30. The minimum atomic E-state index is 0. The highest BCUT2D eigenvalue weighted by atomic mass is 35.5. The molecule has 27 heavy (non-hydrogen) atoms. The van der Waals surface area contributed by atoms with Crippen LogP contribution in [0.25, 0.3) is 0 Å². The second-order valence-corrected chi connectivity index (χ2v) is 8.83. The summed E-state index contributed by atoms with van der Waals surface area (Å²) in [5.41, 5.74) is 1.40. The van der Waals surface area contributed by atoms with Crippen LogP contribution in [0, 0.1) is 5.92 Å². The minimum absolute atomic E-state index is 0. The van der Waals surface area contributed by atoms with Gasteiger partial charge in [-0.15, -0.1) is 24.8 Å². The van der Waals surface area contributed by atoms with Gasteiger partial charge in [0, 0.05) is 23.7 Å². The second kappa shape index (κ2) is 12.5. The molecule has 1 heterocycles. The third kappa shape index (κ3) is 7.40. The van der Waals surface area contributed by atoms with Crippen LogP contribution in [0.1, 0.15) is 69.4 Å². The molecule has 0 bridgehead atoms. The van der Waals surface area contributed by atoms with Crippen LogP contribution in [0.4, 0.5) is 0 Å². The smallest absolute Gasteiger partial charge is 0.0409 e. The van der Waals surface area contributed by atoms with Crippen LogP contribution < -0.4 is 0 Å². The van der Waals surface area contributed by atoms with Crippen molar-refractivity contribution in [1.29, 1.82) is 0 Å². The van der Waals surface area contributed by atoms with Crippen molar-refractivity contribution < 1.29 is 0 Å². The van der Waals surface area contributed by atoms with E-state index in [1.165, 1.54) is 76.4 Å². The first-order valence-corrected chi connectivity index (χ1v) is 10.7. The molecule has 1 saturated heterocycles. The Balaban J connectivity index is 0.00000182. The molecule has 2 unspecified atom stereocenters. The van der Waals surface area contributed by atoms with Crippen molar-refractivity contribution in [2.45, 2.75) is 69.9 Å². The Morgan fingerprint density at radius 3 is 2.37 bits per heavy atom. The quantitative estimate of drug-likeness (QED) is 0.480. The Morgan fingerprint density at radius 2 is 1.74 bits per heavy atom. The Kier molecular flexibility index (Phi) is 11.6. The molecule has 2 aliphatic rings. The van der Waals surface area contributed by atoms with E-state index in [1.807, 2.05) is 6.07 Å². The summed E-state index contributed by atoms with van der Waals surface area (Å²) >= 11 is 6.30. The van der Waals surface area contributed by atoms with Gasteiger partial charge in [-0.2, -0.15) is 0 Å². The zero-order valence-electron chi connectivity index (χ0n) is 16.9. The van der Waals surface area contributed by atoms with Crippen LogP contribution in [0.5, 0.6) is 0 Å². The standard InChI is InChI=1S/C22H35ClN2.2ClH/c1-24(2)21-13-15-25(14-12-18-8-5-3-4-6-9-18)22(17-21)19-10-7-11-20(23)16-19;;/h7,10-11,16,18,21-22H,3-6,8-9,12-15,17H2,1-2H3;2*1H. The molecule has 1 saturated carbocycles. The van der Waals surface area contributed by atoms with Crippen LogP contribution in [0.3, 0.4) is 0 Å². The molecule has 0 aromatic heterocycles. The van der Waals surface area contributed by atoms with Gasteiger partial charge < -0.3 is 4.90 Å². The maximum Gasteiger partial charge on any atom is 0.0409 e. The summed E-state index contributed by atoms with van der Waals surface area (Å²) in [5.74, 6) is 0.953. The number of hydrogen-bond acceptors (Lipinski definition) is 2. The molecule has 2 atom stereocenters. The predicted octanol–water partition coefficient (Wildman–Crippen LogP) is 6.61. The van der Waals surface area contributed by atoms with Crippen LogP contribution in [-0.4, -0.2) is 43.0 Å². The third-order valence-electron chi connectivity index (χ3n) is 6.45. The first-order chi connectivity index (χ1) is 12.1. The largest absolute Gasteiger partial charge is 0.306 e. The molecule has 0 radical (unpaired) electrons. The summed E-state index contributed by atoms with van der Waals surface area (Å²) in [6.07, 6.45) is 12.6. The van der Waals surface area contributed by atoms with Gasteiger partial charge in [0.05, 0.1) is 0 Å². The molecule has 1 aromatic carbocycles. The van der Waals surface area contributed by atoms with Crippen molar-refractivity contribution in [3.63, 3.8) is 0 Å². The van der Waals surface area contributed by atoms with Gasteiger partial charge in [-0.3, -0.25) is 4.90 Å². The van der Waals surface area contributed by atoms with Crippen molar-refractivity contribution in [1.82, 2.24) is 9.80 Å². The Morgan fingerprint density at radius 1 is 1.04 bits per heavy atom. The summed E-state index contributed by atoms with van der Waals surface area (Å²) < 4.78 is 0. The van der Waals surface area contributed by atoms with Gasteiger partial charge in [0.25, 0.3) is 0 Å². The highest BCUT2D eigenvalue weighted by Gasteiger charge is 2.30. The van der Waals surface area contributed by atoms with Gasteiger partial charge in [-0.05, 0) is 63.5 Å². The van der Waals surface area contributed by atoms with E-state index in [2.05, 4.69) is 42.1 Å². The molecule has 1 aliphatic heterocycles. The molecule has 1 aliphatic carbocycles. The number of halogens is 3. The molecule has 156 valence electrons. The van der Waals surface area contributed by atoms with Gasteiger partial charge in [0.15, 0.2) is 0 Å². The number of hydrogen-bond donors (Lipinski definition) is 0. The number of piperidine rings is 1. The number of nitrogens with zero attached hydrogens (tertiary/aromatic N) is 2. The lowest BCUT2D eigenvalue weighted by Gasteiger charge is -2.42. The number of rotatable bonds is 5. The van der Waals surface area contributed by atoms with E-state index < -0.39 is 0 Å². The SMILES string of the molecule is CN(C)C1CCN(CCC2CCCCCC2)C(c2cccc(Cl)c2)C1.Cl.Cl. The Bertz CT molecular complexity index is 530. The minimum Gasteiger partial charge on any atom is -0.306 e. The van der Waals surface area contributed by atoms with Crippen molar-refractivity contribution in [2.75, 3.05) is 27.2 Å². The highest BCUT2D eigenvalue weighted by molar-refractivity contribution is 6.30. The molecule has 2 nitrogen and oxygen atoms in total. The topological polar surface area (TPSA) is 6.48 Å². The van der Waals surface area contributed by atoms with E-state index in [0.29, 0.717) is 12.1 Å². The average Bonchev–Trinajstić information content (AvgIpc) is 2.88. The zero-order chi connectivity index (χ0) is 17.6. The van der Waals surface area contributed by atoms with Crippen molar-refractivity contribution >= 4 is 36.4 Å². The zero-order valence-corrected chi connectivity index (χ0v) is 19.3. The fourth-order valence-corrected chi connectivity index (χ4v) is 4.99. The lowest BCUT2D eigenvalue weighted by molar-refractivity contribution is 0.0818. The maximum absolute atomic E-state index is 6.30. The van der Waals surface area contributed by atoms with Gasteiger partial charge in [-0.1, -0.05) is 62.3 Å². The van der Waals surface area contributed by atoms with E-state index >= 15 is 0 Å². The van der Waals surface area contributed by atoms with E-state index in [1.54, 1.807) is 0 Å². The lowest BCUT2D eigenvalue weighted by atomic mass is 9.89. The summed E-state index contributed by atoms with van der Waals surface area (Å²) in [5, 5.41) is 0.869. The molecule has 0 amide bonds. The van der Waals surface area contributed by atoms with Gasteiger partial charge >= 0.3 is 0 Å². The molecule has 1 aromatic rings.